The van der Waals surface area contributed by atoms with Crippen LogP contribution in [0.15, 0.2) is 89.8 Å². The van der Waals surface area contributed by atoms with Crippen LogP contribution >= 0.6 is 0 Å². The zero-order valence-electron chi connectivity index (χ0n) is 18.8. The van der Waals surface area contributed by atoms with Crippen LogP contribution in [0.2, 0.25) is 0 Å². The van der Waals surface area contributed by atoms with Crippen molar-refractivity contribution in [1.82, 2.24) is 4.90 Å². The van der Waals surface area contributed by atoms with Crippen molar-refractivity contribution in [3.05, 3.63) is 102 Å². The number of sulfonamides is 1. The van der Waals surface area contributed by atoms with E-state index in [-0.39, 0.29) is 10.9 Å². The topological polar surface area (TPSA) is 104 Å². The molecule has 3 atom stereocenters. The van der Waals surface area contributed by atoms with Crippen LogP contribution in [0, 0.1) is 0 Å². The average molecular weight is 469 g/mol. The predicted octanol–water partition coefficient (Wildman–Crippen LogP) is 3.42. The molecule has 0 spiro atoms. The number of hydrogen-bond donors (Lipinski definition) is 3. The first kappa shape index (κ1) is 25.1. The Labute approximate surface area is 196 Å². The number of nitrogens with two attached hydrogens (primary N) is 1. The minimum absolute atomic E-state index is 0.0691. The Bertz CT molecular complexity index is 1040. The second kappa shape index (κ2) is 11.5. The Morgan fingerprint density at radius 1 is 0.788 bits per heavy atom. The van der Waals surface area contributed by atoms with Gasteiger partial charge in [0.2, 0.25) is 10.0 Å². The minimum atomic E-state index is -3.71. The number of aliphatic hydroxyl groups is 2. The maximum Gasteiger partial charge on any atom is 0.238 e. The van der Waals surface area contributed by atoms with Crippen LogP contribution in [0.1, 0.15) is 42.2 Å². The maximum absolute atomic E-state index is 11.5. The maximum atomic E-state index is 11.5. The molecule has 176 valence electrons. The Morgan fingerprint density at radius 3 is 1.67 bits per heavy atom. The van der Waals surface area contributed by atoms with Crippen LogP contribution in [-0.2, 0) is 16.4 Å². The lowest BCUT2D eigenvalue weighted by atomic mass is 10.0. The van der Waals surface area contributed by atoms with Crippen LogP contribution in [-0.4, -0.2) is 42.7 Å². The summed E-state index contributed by atoms with van der Waals surface area (Å²) >= 11 is 0. The molecule has 4 N–H and O–H groups in total. The number of benzene rings is 3. The highest BCUT2D eigenvalue weighted by Crippen LogP contribution is 2.22. The van der Waals surface area contributed by atoms with E-state index in [1.54, 1.807) is 12.1 Å². The quantitative estimate of drug-likeness (QED) is 0.400. The van der Waals surface area contributed by atoms with E-state index in [1.165, 1.54) is 12.1 Å². The lowest BCUT2D eigenvalue weighted by Gasteiger charge is -2.33. The number of primary sulfonamides is 1. The highest BCUT2D eigenvalue weighted by molar-refractivity contribution is 7.89. The van der Waals surface area contributed by atoms with Gasteiger partial charge in [0, 0.05) is 19.1 Å². The summed E-state index contributed by atoms with van der Waals surface area (Å²) < 4.78 is 22.9. The molecule has 0 amide bonds. The van der Waals surface area contributed by atoms with Gasteiger partial charge in [-0.1, -0.05) is 72.8 Å². The second-order valence-corrected chi connectivity index (χ2v) is 9.94. The summed E-state index contributed by atoms with van der Waals surface area (Å²) in [6, 6.07) is 25.7. The van der Waals surface area contributed by atoms with Crippen molar-refractivity contribution in [3.8, 4) is 0 Å². The van der Waals surface area contributed by atoms with Crippen LogP contribution in [0.3, 0.4) is 0 Å². The third kappa shape index (κ3) is 7.48. The number of rotatable bonds is 11. The summed E-state index contributed by atoms with van der Waals surface area (Å²) in [5.41, 5.74) is 2.67. The molecule has 6 nitrogen and oxygen atoms in total. The highest BCUT2D eigenvalue weighted by Gasteiger charge is 2.22. The highest BCUT2D eigenvalue weighted by atomic mass is 32.2. The molecule has 0 saturated heterocycles. The summed E-state index contributed by atoms with van der Waals surface area (Å²) in [5.74, 6) is 0. The molecule has 0 aliphatic rings. The van der Waals surface area contributed by atoms with Gasteiger partial charge in [-0.3, -0.25) is 4.90 Å². The molecule has 0 aliphatic heterocycles. The van der Waals surface area contributed by atoms with E-state index in [4.69, 9.17) is 5.14 Å². The largest absolute Gasteiger partial charge is 0.387 e. The molecule has 7 heteroatoms. The molecular formula is C26H32N2O4S. The first-order valence-corrected chi connectivity index (χ1v) is 12.6. The van der Waals surface area contributed by atoms with E-state index in [1.807, 2.05) is 60.7 Å². The van der Waals surface area contributed by atoms with Gasteiger partial charge in [0.1, 0.15) is 0 Å². The summed E-state index contributed by atoms with van der Waals surface area (Å²) in [4.78, 5) is 2.20. The molecule has 0 radical (unpaired) electrons. The van der Waals surface area contributed by atoms with Crippen molar-refractivity contribution in [2.45, 2.75) is 42.9 Å². The van der Waals surface area contributed by atoms with Crippen molar-refractivity contribution in [1.29, 1.82) is 0 Å². The normalized spacial score (nSPS) is 14.7. The van der Waals surface area contributed by atoms with Gasteiger partial charge in [-0.25, -0.2) is 13.6 Å². The SMILES string of the molecule is C[C@H](CCc1ccc(S(N)(=O)=O)cc1)N(C[C@H](O)c1ccccc1)C[C@H](O)c1ccccc1. The summed E-state index contributed by atoms with van der Waals surface area (Å²) in [7, 11) is -3.71. The lowest BCUT2D eigenvalue weighted by molar-refractivity contribution is 0.0460. The van der Waals surface area contributed by atoms with E-state index in [2.05, 4.69) is 11.8 Å². The second-order valence-electron chi connectivity index (χ2n) is 8.38. The van der Waals surface area contributed by atoms with Gasteiger partial charge in [-0.05, 0) is 48.6 Å². The van der Waals surface area contributed by atoms with Crippen molar-refractivity contribution >= 4 is 10.0 Å². The molecule has 3 aromatic carbocycles. The molecule has 0 heterocycles. The average Bonchev–Trinajstić information content (AvgIpc) is 2.82. The predicted molar refractivity (Wildman–Crippen MR) is 130 cm³/mol. The molecule has 33 heavy (non-hydrogen) atoms. The molecule has 0 aliphatic carbocycles. The van der Waals surface area contributed by atoms with Crippen LogP contribution < -0.4 is 5.14 Å². The zero-order chi connectivity index (χ0) is 23.8. The van der Waals surface area contributed by atoms with Gasteiger partial charge in [-0.2, -0.15) is 0 Å². The fourth-order valence-electron chi connectivity index (χ4n) is 3.84. The van der Waals surface area contributed by atoms with Crippen molar-refractivity contribution < 1.29 is 18.6 Å². The first-order valence-electron chi connectivity index (χ1n) is 11.1. The standard InChI is InChI=1S/C26H32N2O4S/c1-20(12-13-21-14-16-24(17-15-21)33(27,31)32)28(18-25(29)22-8-4-2-5-9-22)19-26(30)23-10-6-3-7-11-23/h2-11,14-17,20,25-26,29-30H,12-13,18-19H2,1H3,(H2,27,31,32)/t20-,25+,26+/m1/s1. The Morgan fingerprint density at radius 2 is 1.24 bits per heavy atom. The minimum Gasteiger partial charge on any atom is -0.387 e. The van der Waals surface area contributed by atoms with Crippen LogP contribution in [0.4, 0.5) is 0 Å². The molecule has 0 bridgehead atoms. The van der Waals surface area contributed by atoms with Crippen LogP contribution in [0.25, 0.3) is 0 Å². The van der Waals surface area contributed by atoms with E-state index in [0.717, 1.165) is 29.5 Å². The lowest BCUT2D eigenvalue weighted by Crippen LogP contribution is -2.39. The molecule has 0 aromatic heterocycles. The van der Waals surface area contributed by atoms with Gasteiger partial charge < -0.3 is 10.2 Å². The summed E-state index contributed by atoms with van der Waals surface area (Å²) in [5, 5.41) is 26.8. The number of aryl methyl sites for hydroxylation is 1. The third-order valence-electron chi connectivity index (χ3n) is 5.91. The Balaban J connectivity index is 1.70. The van der Waals surface area contributed by atoms with Crippen molar-refractivity contribution in [2.24, 2.45) is 5.14 Å². The van der Waals surface area contributed by atoms with E-state index in [9.17, 15) is 18.6 Å². The third-order valence-corrected chi connectivity index (χ3v) is 6.84. The van der Waals surface area contributed by atoms with Crippen LogP contribution in [0.5, 0.6) is 0 Å². The van der Waals surface area contributed by atoms with E-state index < -0.39 is 22.2 Å². The smallest absolute Gasteiger partial charge is 0.238 e. The first-order chi connectivity index (χ1) is 15.7. The van der Waals surface area contributed by atoms with Gasteiger partial charge in [0.15, 0.2) is 0 Å². The summed E-state index contributed by atoms with van der Waals surface area (Å²) in [6.07, 6.45) is 0.153. The summed E-state index contributed by atoms with van der Waals surface area (Å²) in [6.45, 7) is 2.85. The molecule has 0 saturated carbocycles. The number of aliphatic hydroxyl groups excluding tert-OH is 2. The molecule has 3 rings (SSSR count). The molecule has 3 aromatic rings. The fourth-order valence-corrected chi connectivity index (χ4v) is 4.36. The zero-order valence-corrected chi connectivity index (χ0v) is 19.6. The molecule has 0 unspecified atom stereocenters. The van der Waals surface area contributed by atoms with E-state index in [0.29, 0.717) is 13.1 Å². The number of hydrogen-bond acceptors (Lipinski definition) is 5. The van der Waals surface area contributed by atoms with Gasteiger partial charge >= 0.3 is 0 Å². The number of nitrogens with zero attached hydrogens (tertiary/aromatic N) is 1. The fraction of sp³-hybridized carbons (Fsp3) is 0.308. The van der Waals surface area contributed by atoms with Gasteiger partial charge in [-0.15, -0.1) is 0 Å². The monoisotopic (exact) mass is 468 g/mol. The molecular weight excluding hydrogens is 436 g/mol. The van der Waals surface area contributed by atoms with Crippen molar-refractivity contribution in [2.75, 3.05) is 13.1 Å². The van der Waals surface area contributed by atoms with Gasteiger partial charge in [0.05, 0.1) is 17.1 Å². The Hall–Kier alpha value is -2.55. The Kier molecular flexibility index (Phi) is 8.77. The molecule has 0 fully saturated rings. The van der Waals surface area contributed by atoms with Gasteiger partial charge in [0.25, 0.3) is 0 Å². The van der Waals surface area contributed by atoms with E-state index >= 15 is 0 Å². The van der Waals surface area contributed by atoms with Crippen molar-refractivity contribution in [3.63, 3.8) is 0 Å².